The number of nitrogens with one attached hydrogen (secondary N) is 2. The minimum absolute atomic E-state index is 0.0422. The maximum Gasteiger partial charge on any atom is 0.417 e. The second kappa shape index (κ2) is 11.2. The SMILES string of the molecule is N#Cc1c(C(F)(F)F)cc(-c2cccs2)nc1SCC(=O)Nc1ccc(S(=O)(=O)Nc2ncccn2)cc1. The number of hydrogen-bond acceptors (Lipinski definition) is 9. The van der Waals surface area contributed by atoms with Gasteiger partial charge in [0.25, 0.3) is 10.0 Å². The molecule has 0 unspecified atom stereocenters. The number of halogens is 3. The topological polar surface area (TPSA) is 138 Å². The van der Waals surface area contributed by atoms with E-state index in [9.17, 15) is 31.6 Å². The van der Waals surface area contributed by atoms with Crippen LogP contribution in [0.25, 0.3) is 10.6 Å². The van der Waals surface area contributed by atoms with Crippen molar-refractivity contribution in [3.8, 4) is 16.6 Å². The Labute approximate surface area is 222 Å². The Kier molecular flexibility index (Phi) is 7.95. The molecule has 194 valence electrons. The third-order valence-electron chi connectivity index (χ3n) is 4.76. The van der Waals surface area contributed by atoms with Crippen LogP contribution in [-0.2, 0) is 21.0 Å². The van der Waals surface area contributed by atoms with Crippen molar-refractivity contribution >= 4 is 50.7 Å². The number of aromatic nitrogens is 3. The number of thioether (sulfide) groups is 1. The zero-order valence-corrected chi connectivity index (χ0v) is 21.4. The van der Waals surface area contributed by atoms with Crippen LogP contribution in [0.15, 0.2) is 76.2 Å². The van der Waals surface area contributed by atoms with Gasteiger partial charge >= 0.3 is 6.18 Å². The molecule has 0 saturated heterocycles. The molecule has 0 aliphatic rings. The number of amides is 1. The summed E-state index contributed by atoms with van der Waals surface area (Å²) in [4.78, 5) is 24.7. The van der Waals surface area contributed by atoms with Crippen molar-refractivity contribution in [1.29, 1.82) is 5.26 Å². The van der Waals surface area contributed by atoms with Crippen LogP contribution in [0.5, 0.6) is 0 Å². The average Bonchev–Trinajstić information content (AvgIpc) is 3.42. The van der Waals surface area contributed by atoms with Crippen LogP contribution < -0.4 is 10.0 Å². The molecule has 0 bridgehead atoms. The molecule has 1 amide bonds. The minimum Gasteiger partial charge on any atom is -0.325 e. The first-order chi connectivity index (χ1) is 18.1. The Balaban J connectivity index is 1.47. The number of hydrogen-bond donors (Lipinski definition) is 2. The van der Waals surface area contributed by atoms with Gasteiger partial charge in [0, 0.05) is 18.1 Å². The summed E-state index contributed by atoms with van der Waals surface area (Å²) in [5, 5.41) is 13.4. The standard InChI is InChI=1S/C23H15F3N6O3S3/c24-23(25,26)17-11-18(19-3-1-10-36-19)31-21(16(17)12-27)37-13-20(33)30-14-4-6-15(7-5-14)38(34,35)32-22-28-8-2-9-29-22/h1-11H,13H2,(H,30,33)(H,28,29,32). The van der Waals surface area contributed by atoms with E-state index in [1.807, 2.05) is 0 Å². The number of rotatable bonds is 8. The number of pyridine rings is 1. The van der Waals surface area contributed by atoms with Crippen LogP contribution in [0, 0.1) is 11.3 Å². The third kappa shape index (κ3) is 6.46. The van der Waals surface area contributed by atoms with Gasteiger partial charge in [-0.15, -0.1) is 11.3 Å². The molecule has 0 aliphatic heterocycles. The fourth-order valence-corrected chi connectivity index (χ4v) is 5.53. The third-order valence-corrected chi connectivity index (χ3v) is 7.97. The van der Waals surface area contributed by atoms with Crippen molar-refractivity contribution in [3.05, 3.63) is 77.4 Å². The van der Waals surface area contributed by atoms with E-state index in [2.05, 4.69) is 25.0 Å². The zero-order valence-electron chi connectivity index (χ0n) is 18.9. The van der Waals surface area contributed by atoms with Gasteiger partial charge in [-0.25, -0.2) is 28.1 Å². The molecule has 0 spiro atoms. The molecule has 1 aromatic carbocycles. The van der Waals surface area contributed by atoms with Crippen LogP contribution in [0.1, 0.15) is 11.1 Å². The van der Waals surface area contributed by atoms with E-state index in [1.54, 1.807) is 23.6 Å². The molecule has 4 aromatic rings. The molecule has 0 aliphatic carbocycles. The Bertz CT molecular complexity index is 1590. The Morgan fingerprint density at radius 2 is 1.82 bits per heavy atom. The van der Waals surface area contributed by atoms with Crippen molar-refractivity contribution < 1.29 is 26.4 Å². The van der Waals surface area contributed by atoms with Gasteiger partial charge in [-0.3, -0.25) is 4.79 Å². The molecule has 9 nitrogen and oxygen atoms in total. The predicted molar refractivity (Wildman–Crippen MR) is 136 cm³/mol. The monoisotopic (exact) mass is 576 g/mol. The fourth-order valence-electron chi connectivity index (χ4n) is 3.09. The van der Waals surface area contributed by atoms with Gasteiger partial charge in [-0.05, 0) is 47.8 Å². The van der Waals surface area contributed by atoms with E-state index in [4.69, 9.17) is 0 Å². The van der Waals surface area contributed by atoms with Crippen molar-refractivity contribution in [2.24, 2.45) is 0 Å². The molecule has 0 radical (unpaired) electrons. The van der Waals surface area contributed by atoms with E-state index in [-0.39, 0.29) is 33.0 Å². The number of alkyl halides is 3. The molecule has 2 N–H and O–H groups in total. The molecule has 3 aromatic heterocycles. The van der Waals surface area contributed by atoms with Crippen LogP contribution >= 0.6 is 23.1 Å². The van der Waals surface area contributed by atoms with Crippen LogP contribution in [0.4, 0.5) is 24.8 Å². The second-order valence-electron chi connectivity index (χ2n) is 7.36. The molecular weight excluding hydrogens is 561 g/mol. The first kappa shape index (κ1) is 27.0. The number of thiophene rings is 1. The van der Waals surface area contributed by atoms with E-state index in [0.29, 0.717) is 16.6 Å². The molecule has 15 heteroatoms. The van der Waals surface area contributed by atoms with Gasteiger partial charge in [0.05, 0.1) is 32.3 Å². The summed E-state index contributed by atoms with van der Waals surface area (Å²) < 4.78 is 68.1. The normalized spacial score (nSPS) is 11.5. The van der Waals surface area contributed by atoms with E-state index in [0.717, 1.165) is 6.07 Å². The van der Waals surface area contributed by atoms with Crippen molar-refractivity contribution in [2.75, 3.05) is 15.8 Å². The second-order valence-corrected chi connectivity index (χ2v) is 11.0. The highest BCUT2D eigenvalue weighted by Crippen LogP contribution is 2.38. The highest BCUT2D eigenvalue weighted by atomic mass is 32.2. The lowest BCUT2D eigenvalue weighted by Gasteiger charge is -2.13. The van der Waals surface area contributed by atoms with Gasteiger partial charge < -0.3 is 5.32 Å². The Morgan fingerprint density at radius 1 is 1.11 bits per heavy atom. The molecule has 0 atom stereocenters. The van der Waals surface area contributed by atoms with Gasteiger partial charge in [-0.1, -0.05) is 17.8 Å². The van der Waals surface area contributed by atoms with Crippen LogP contribution in [0.3, 0.4) is 0 Å². The number of anilines is 2. The first-order valence-electron chi connectivity index (χ1n) is 10.5. The van der Waals surface area contributed by atoms with Crippen LogP contribution in [0.2, 0.25) is 0 Å². The first-order valence-corrected chi connectivity index (χ1v) is 13.8. The maximum absolute atomic E-state index is 13.6. The van der Waals surface area contributed by atoms with Gasteiger partial charge in [-0.2, -0.15) is 18.4 Å². The highest BCUT2D eigenvalue weighted by molar-refractivity contribution is 8.00. The average molecular weight is 577 g/mol. The van der Waals surface area contributed by atoms with Crippen LogP contribution in [-0.4, -0.2) is 35.0 Å². The summed E-state index contributed by atoms with van der Waals surface area (Å²) in [5.41, 5.74) is -1.50. The molecular formula is C23H15F3N6O3S3. The number of carbonyl (C=O) groups is 1. The lowest BCUT2D eigenvalue weighted by molar-refractivity contribution is -0.138. The van der Waals surface area contributed by atoms with Gasteiger partial charge in [0.15, 0.2) is 0 Å². The summed E-state index contributed by atoms with van der Waals surface area (Å²) in [7, 11) is -3.97. The predicted octanol–water partition coefficient (Wildman–Crippen LogP) is 5.02. The number of sulfonamides is 1. The summed E-state index contributed by atoms with van der Waals surface area (Å²) in [6, 6.07) is 12.4. The number of nitrogens with zero attached hydrogens (tertiary/aromatic N) is 4. The summed E-state index contributed by atoms with van der Waals surface area (Å²) in [5.74, 6) is -1.05. The highest BCUT2D eigenvalue weighted by Gasteiger charge is 2.36. The largest absolute Gasteiger partial charge is 0.417 e. The minimum atomic E-state index is -4.79. The molecule has 0 saturated carbocycles. The summed E-state index contributed by atoms with van der Waals surface area (Å²) >= 11 is 1.88. The fraction of sp³-hybridized carbons (Fsp3) is 0.0870. The quantitative estimate of drug-likeness (QED) is 0.279. The Hall–Kier alpha value is -4.00. The molecule has 4 rings (SSSR count). The molecule has 0 fully saturated rings. The smallest absolute Gasteiger partial charge is 0.325 e. The number of carbonyl (C=O) groups excluding carboxylic acids is 1. The van der Waals surface area contributed by atoms with Crippen molar-refractivity contribution in [1.82, 2.24) is 15.0 Å². The van der Waals surface area contributed by atoms with Gasteiger partial charge in [0.1, 0.15) is 11.1 Å². The maximum atomic E-state index is 13.6. The number of benzene rings is 1. The van der Waals surface area contributed by atoms with Crippen molar-refractivity contribution in [3.63, 3.8) is 0 Å². The van der Waals surface area contributed by atoms with E-state index >= 15 is 0 Å². The van der Waals surface area contributed by atoms with Crippen molar-refractivity contribution in [2.45, 2.75) is 16.1 Å². The molecule has 3 heterocycles. The van der Waals surface area contributed by atoms with E-state index < -0.39 is 33.2 Å². The van der Waals surface area contributed by atoms with Gasteiger partial charge in [0.2, 0.25) is 11.9 Å². The number of nitriles is 1. The zero-order chi connectivity index (χ0) is 27.3. The van der Waals surface area contributed by atoms with E-state index in [1.165, 1.54) is 54.1 Å². The Morgan fingerprint density at radius 3 is 2.42 bits per heavy atom. The summed E-state index contributed by atoms with van der Waals surface area (Å²) in [6.07, 6.45) is -2.04. The molecule has 38 heavy (non-hydrogen) atoms. The lowest BCUT2D eigenvalue weighted by Crippen LogP contribution is -2.16. The lowest BCUT2D eigenvalue weighted by atomic mass is 10.1. The summed E-state index contributed by atoms with van der Waals surface area (Å²) in [6.45, 7) is 0.